The lowest BCUT2D eigenvalue weighted by molar-refractivity contribution is 0.0844. The van der Waals surface area contributed by atoms with Gasteiger partial charge in [-0.1, -0.05) is 6.92 Å². The van der Waals surface area contributed by atoms with Crippen LogP contribution in [0.15, 0.2) is 0 Å². The molecule has 0 amide bonds. The summed E-state index contributed by atoms with van der Waals surface area (Å²) < 4.78 is 0. The molecule has 2 fully saturated rings. The molecule has 1 saturated heterocycles. The molecule has 0 radical (unpaired) electrons. The number of hydrogen-bond donors (Lipinski definition) is 1. The monoisotopic (exact) mass is 239 g/mol. The van der Waals surface area contributed by atoms with Gasteiger partial charge in [-0.2, -0.15) is 0 Å². The Hall–Kier alpha value is -0.120. The van der Waals surface area contributed by atoms with Crippen molar-refractivity contribution >= 4 is 0 Å². The van der Waals surface area contributed by atoms with E-state index in [1.807, 2.05) is 0 Å². The van der Waals surface area contributed by atoms with E-state index in [2.05, 4.69) is 35.9 Å². The molecule has 100 valence electrons. The molecule has 0 spiro atoms. The Morgan fingerprint density at radius 1 is 1.12 bits per heavy atom. The first-order valence-corrected chi connectivity index (χ1v) is 7.44. The van der Waals surface area contributed by atoms with Crippen LogP contribution in [-0.2, 0) is 0 Å². The molecule has 1 N–H and O–H groups in total. The lowest BCUT2D eigenvalue weighted by Gasteiger charge is -2.40. The average Bonchev–Trinajstić information content (AvgIpc) is 3.19. The van der Waals surface area contributed by atoms with Crippen molar-refractivity contribution in [3.8, 4) is 0 Å². The molecule has 1 aliphatic heterocycles. The summed E-state index contributed by atoms with van der Waals surface area (Å²) in [7, 11) is 0. The van der Waals surface area contributed by atoms with Gasteiger partial charge in [0, 0.05) is 44.3 Å². The first-order valence-electron chi connectivity index (χ1n) is 7.44. The summed E-state index contributed by atoms with van der Waals surface area (Å²) in [6.45, 7) is 13.2. The standard InChI is InChI=1S/C14H29N3/c1-4-7-15-12(2)13(3)16-8-10-17(11-9-16)14-5-6-14/h12-15H,4-11H2,1-3H3. The SMILES string of the molecule is CCCNC(C)C(C)N1CCN(C2CC2)CC1. The van der Waals surface area contributed by atoms with E-state index in [1.54, 1.807) is 0 Å². The molecule has 17 heavy (non-hydrogen) atoms. The molecule has 0 bridgehead atoms. The van der Waals surface area contributed by atoms with Gasteiger partial charge >= 0.3 is 0 Å². The normalized spacial score (nSPS) is 27.0. The van der Waals surface area contributed by atoms with Crippen LogP contribution >= 0.6 is 0 Å². The van der Waals surface area contributed by atoms with Crippen molar-refractivity contribution in [1.29, 1.82) is 0 Å². The molecule has 3 nitrogen and oxygen atoms in total. The number of nitrogens with zero attached hydrogens (tertiary/aromatic N) is 2. The van der Waals surface area contributed by atoms with Gasteiger partial charge in [-0.25, -0.2) is 0 Å². The Morgan fingerprint density at radius 3 is 2.29 bits per heavy atom. The average molecular weight is 239 g/mol. The van der Waals surface area contributed by atoms with Gasteiger partial charge in [0.15, 0.2) is 0 Å². The third-order valence-electron chi connectivity index (χ3n) is 4.43. The molecule has 0 aromatic rings. The highest BCUT2D eigenvalue weighted by Crippen LogP contribution is 2.27. The van der Waals surface area contributed by atoms with Crippen molar-refractivity contribution in [3.63, 3.8) is 0 Å². The maximum atomic E-state index is 3.62. The van der Waals surface area contributed by atoms with Crippen molar-refractivity contribution in [2.75, 3.05) is 32.7 Å². The van der Waals surface area contributed by atoms with Crippen LogP contribution in [0, 0.1) is 0 Å². The van der Waals surface area contributed by atoms with Crippen LogP contribution < -0.4 is 5.32 Å². The summed E-state index contributed by atoms with van der Waals surface area (Å²) in [6.07, 6.45) is 4.13. The topological polar surface area (TPSA) is 18.5 Å². The van der Waals surface area contributed by atoms with Gasteiger partial charge in [-0.3, -0.25) is 9.80 Å². The fraction of sp³-hybridized carbons (Fsp3) is 1.00. The summed E-state index contributed by atoms with van der Waals surface area (Å²) in [5.41, 5.74) is 0. The highest BCUT2D eigenvalue weighted by Gasteiger charge is 2.32. The quantitative estimate of drug-likeness (QED) is 0.758. The minimum absolute atomic E-state index is 0.613. The van der Waals surface area contributed by atoms with E-state index >= 15 is 0 Å². The largest absolute Gasteiger partial charge is 0.313 e. The van der Waals surface area contributed by atoms with Crippen molar-refractivity contribution in [2.45, 2.75) is 58.2 Å². The minimum atomic E-state index is 0.613. The van der Waals surface area contributed by atoms with Gasteiger partial charge in [0.05, 0.1) is 0 Å². The molecule has 2 rings (SSSR count). The first kappa shape index (κ1) is 13.3. The molecule has 0 aromatic carbocycles. The van der Waals surface area contributed by atoms with Crippen LogP contribution in [0.25, 0.3) is 0 Å². The molecule has 0 aromatic heterocycles. The van der Waals surface area contributed by atoms with Gasteiger partial charge < -0.3 is 5.32 Å². The Balaban J connectivity index is 1.70. The molecule has 2 unspecified atom stereocenters. The number of piperazine rings is 1. The number of nitrogens with one attached hydrogen (secondary N) is 1. The van der Waals surface area contributed by atoms with Crippen molar-refractivity contribution in [3.05, 3.63) is 0 Å². The smallest absolute Gasteiger partial charge is 0.0219 e. The maximum Gasteiger partial charge on any atom is 0.0219 e. The van der Waals surface area contributed by atoms with E-state index in [4.69, 9.17) is 0 Å². The van der Waals surface area contributed by atoms with Gasteiger partial charge in [0.1, 0.15) is 0 Å². The van der Waals surface area contributed by atoms with E-state index in [1.165, 1.54) is 45.4 Å². The van der Waals surface area contributed by atoms with Crippen molar-refractivity contribution in [2.24, 2.45) is 0 Å². The molecule has 2 atom stereocenters. The summed E-state index contributed by atoms with van der Waals surface area (Å²) in [5, 5.41) is 3.62. The van der Waals surface area contributed by atoms with E-state index < -0.39 is 0 Å². The minimum Gasteiger partial charge on any atom is -0.313 e. The Morgan fingerprint density at radius 2 is 1.76 bits per heavy atom. The zero-order valence-electron chi connectivity index (χ0n) is 11.8. The zero-order valence-corrected chi connectivity index (χ0v) is 11.8. The lowest BCUT2D eigenvalue weighted by atomic mass is 10.1. The second kappa shape index (κ2) is 6.17. The van der Waals surface area contributed by atoms with E-state index in [0.29, 0.717) is 12.1 Å². The van der Waals surface area contributed by atoms with Crippen LogP contribution in [0.5, 0.6) is 0 Å². The third kappa shape index (κ3) is 3.67. The second-order valence-corrected chi connectivity index (χ2v) is 5.79. The number of rotatable bonds is 6. The molecular formula is C14H29N3. The molecule has 1 aliphatic carbocycles. The van der Waals surface area contributed by atoms with Crippen LogP contribution in [-0.4, -0.2) is 60.6 Å². The highest BCUT2D eigenvalue weighted by atomic mass is 15.3. The van der Waals surface area contributed by atoms with Gasteiger partial charge in [-0.15, -0.1) is 0 Å². The van der Waals surface area contributed by atoms with Gasteiger partial charge in [0.2, 0.25) is 0 Å². The predicted octanol–water partition coefficient (Wildman–Crippen LogP) is 1.54. The second-order valence-electron chi connectivity index (χ2n) is 5.79. The molecule has 2 aliphatic rings. The van der Waals surface area contributed by atoms with E-state index in [-0.39, 0.29) is 0 Å². The summed E-state index contributed by atoms with van der Waals surface area (Å²) >= 11 is 0. The predicted molar refractivity (Wildman–Crippen MR) is 73.4 cm³/mol. The molecule has 1 saturated carbocycles. The summed E-state index contributed by atoms with van der Waals surface area (Å²) in [4.78, 5) is 5.35. The van der Waals surface area contributed by atoms with Crippen LogP contribution in [0.3, 0.4) is 0 Å². The van der Waals surface area contributed by atoms with Crippen LogP contribution in [0.1, 0.15) is 40.0 Å². The van der Waals surface area contributed by atoms with Crippen LogP contribution in [0.4, 0.5) is 0 Å². The fourth-order valence-electron chi connectivity index (χ4n) is 2.81. The molecular weight excluding hydrogens is 210 g/mol. The van der Waals surface area contributed by atoms with Gasteiger partial charge in [0.25, 0.3) is 0 Å². The fourth-order valence-corrected chi connectivity index (χ4v) is 2.81. The van der Waals surface area contributed by atoms with Gasteiger partial charge in [-0.05, 0) is 39.7 Å². The highest BCUT2D eigenvalue weighted by molar-refractivity contribution is 4.89. The zero-order chi connectivity index (χ0) is 12.3. The lowest BCUT2D eigenvalue weighted by Crippen LogP contribution is -2.55. The van der Waals surface area contributed by atoms with Crippen LogP contribution in [0.2, 0.25) is 0 Å². The number of hydrogen-bond acceptors (Lipinski definition) is 3. The van der Waals surface area contributed by atoms with E-state index in [0.717, 1.165) is 12.6 Å². The Labute approximate surface area is 107 Å². The van der Waals surface area contributed by atoms with Crippen molar-refractivity contribution in [1.82, 2.24) is 15.1 Å². The third-order valence-corrected chi connectivity index (χ3v) is 4.43. The summed E-state index contributed by atoms with van der Waals surface area (Å²) in [6, 6.07) is 2.23. The molecule has 1 heterocycles. The Bertz CT molecular complexity index is 220. The maximum absolute atomic E-state index is 3.62. The molecule has 3 heteroatoms. The summed E-state index contributed by atoms with van der Waals surface area (Å²) in [5.74, 6) is 0. The van der Waals surface area contributed by atoms with E-state index in [9.17, 15) is 0 Å². The van der Waals surface area contributed by atoms with Crippen molar-refractivity contribution < 1.29 is 0 Å². The Kier molecular flexibility index (Phi) is 4.83. The first-order chi connectivity index (χ1) is 8.22.